The van der Waals surface area contributed by atoms with Gasteiger partial charge < -0.3 is 53.1 Å². The average Bonchev–Trinajstić information content (AvgIpc) is 1.45. The van der Waals surface area contributed by atoms with Crippen LogP contribution in [-0.2, 0) is 9.13 Å². The lowest BCUT2D eigenvalue weighted by molar-refractivity contribution is 0.256. The van der Waals surface area contributed by atoms with Gasteiger partial charge in [-0.05, 0) is 0 Å². The molecule has 0 unspecified atom stereocenters. The molecular formula is CH16N4O9P2. The van der Waals surface area contributed by atoms with E-state index in [1.807, 2.05) is 0 Å². The summed E-state index contributed by atoms with van der Waals surface area (Å²) < 4.78 is 17.8. The summed E-state index contributed by atoms with van der Waals surface area (Å²) in [6, 6.07) is -0.833. The molecule has 0 radical (unpaired) electrons. The van der Waals surface area contributed by atoms with Gasteiger partial charge in [0.25, 0.3) is 0 Å². The minimum atomic E-state index is -4.64. The second kappa shape index (κ2) is 12.5. The van der Waals surface area contributed by atoms with Crippen molar-refractivity contribution in [2.75, 3.05) is 0 Å². The van der Waals surface area contributed by atoms with Crippen LogP contribution in [0.1, 0.15) is 0 Å². The molecule has 0 aliphatic heterocycles. The minimum absolute atomic E-state index is 0. The molecule has 0 atom stereocenters. The largest absolute Gasteiger partial charge is 0.466 e. The number of amides is 2. The molecule has 0 aliphatic carbocycles. The van der Waals surface area contributed by atoms with Crippen LogP contribution in [0.25, 0.3) is 0 Å². The summed E-state index contributed by atoms with van der Waals surface area (Å²) >= 11 is 0. The zero-order valence-corrected chi connectivity index (χ0v) is 9.66. The molecule has 15 heteroatoms. The molecule has 2 amide bonds. The van der Waals surface area contributed by atoms with Gasteiger partial charge in [0.1, 0.15) is 0 Å². The van der Waals surface area contributed by atoms with Crippen LogP contribution < -0.4 is 23.8 Å². The van der Waals surface area contributed by atoms with Crippen LogP contribution in [-0.4, -0.2) is 35.4 Å². The van der Waals surface area contributed by atoms with E-state index in [-0.39, 0.29) is 12.3 Å². The van der Waals surface area contributed by atoms with Crippen LogP contribution in [0.5, 0.6) is 0 Å². The highest BCUT2D eigenvalue weighted by Crippen LogP contribution is 2.26. The maximum atomic E-state index is 9.00. The summed E-state index contributed by atoms with van der Waals surface area (Å²) in [4.78, 5) is 52.1. The van der Waals surface area contributed by atoms with Crippen LogP contribution in [0.4, 0.5) is 4.79 Å². The first-order valence-corrected chi connectivity index (χ1v) is 5.48. The Labute approximate surface area is 89.7 Å². The van der Waals surface area contributed by atoms with Gasteiger partial charge in [-0.1, -0.05) is 0 Å². The normalized spacial score (nSPS) is 8.88. The maximum Gasteiger partial charge on any atom is 0.466 e. The summed E-state index contributed by atoms with van der Waals surface area (Å²) in [6.45, 7) is 0. The third-order valence-electron chi connectivity index (χ3n) is 0. The summed E-state index contributed by atoms with van der Waals surface area (Å²) in [7, 11) is -9.28. The highest BCUT2D eigenvalue weighted by Gasteiger charge is 2.00. The molecule has 0 aromatic carbocycles. The van der Waals surface area contributed by atoms with E-state index in [2.05, 4.69) is 11.5 Å². The Morgan fingerprint density at radius 1 is 0.750 bits per heavy atom. The second-order valence-corrected chi connectivity index (χ2v) is 3.48. The number of carbonyl (C=O) groups is 1. The van der Waals surface area contributed by atoms with Gasteiger partial charge in [0.2, 0.25) is 0 Å². The summed E-state index contributed by atoms with van der Waals surface area (Å²) in [5.74, 6) is 0. The lowest BCUT2D eigenvalue weighted by atomic mass is 11.2. The van der Waals surface area contributed by atoms with Gasteiger partial charge in [-0.15, -0.1) is 0 Å². The fourth-order valence-electron chi connectivity index (χ4n) is 0. The smallest absolute Gasteiger partial charge is 0.352 e. The van der Waals surface area contributed by atoms with Crippen LogP contribution in [0.2, 0.25) is 0 Å². The monoisotopic (exact) mass is 290 g/mol. The predicted octanol–water partition coefficient (Wildman–Crippen LogP) is -2.51. The predicted molar refractivity (Wildman–Crippen MR) is 52.3 cm³/mol. The van der Waals surface area contributed by atoms with Gasteiger partial charge >= 0.3 is 21.7 Å². The molecule has 16 N–H and O–H groups in total. The number of carbonyl (C=O) groups excluding carboxylic acids is 1. The summed E-state index contributed by atoms with van der Waals surface area (Å²) in [6.07, 6.45) is 0. The van der Waals surface area contributed by atoms with Crippen molar-refractivity contribution >= 4 is 21.7 Å². The third kappa shape index (κ3) is 5930. The molecule has 0 heterocycles. The fourth-order valence-corrected chi connectivity index (χ4v) is 0. The standard InChI is InChI=1S/CH4N2O.2H3N.2H3O4P/c2-1(3)4;;;2*1-5(2,3)4/h(H4,2,3,4);2*1H3;2*(H3,1,2,3,4). The van der Waals surface area contributed by atoms with E-state index < -0.39 is 21.7 Å². The maximum absolute atomic E-state index is 9.00. The molecule has 0 bridgehead atoms. The van der Waals surface area contributed by atoms with E-state index in [1.165, 1.54) is 0 Å². The topological polar surface area (TPSA) is 295 Å². The molecule has 0 saturated carbocycles. The van der Waals surface area contributed by atoms with Crippen LogP contribution in [0, 0.1) is 0 Å². The molecule has 0 aromatic heterocycles. The summed E-state index contributed by atoms with van der Waals surface area (Å²) in [5.41, 5.74) is 8.50. The van der Waals surface area contributed by atoms with Gasteiger partial charge in [0.05, 0.1) is 0 Å². The van der Waals surface area contributed by atoms with Gasteiger partial charge in [-0.3, -0.25) is 0 Å². The molecule has 0 saturated heterocycles. The first kappa shape index (κ1) is 29.5. The Hall–Kier alpha value is -0.590. The molecule has 0 aromatic rings. The lowest BCUT2D eigenvalue weighted by Crippen LogP contribution is -2.18. The Morgan fingerprint density at radius 3 is 0.750 bits per heavy atom. The van der Waals surface area contributed by atoms with Crippen LogP contribution >= 0.6 is 15.6 Å². The highest BCUT2D eigenvalue weighted by molar-refractivity contribution is 7.45. The molecular weight excluding hydrogens is 274 g/mol. The first-order valence-electron chi connectivity index (χ1n) is 2.35. The van der Waals surface area contributed by atoms with Crippen molar-refractivity contribution in [3.8, 4) is 0 Å². The Bertz CT molecular complexity index is 201. The lowest BCUT2D eigenvalue weighted by Gasteiger charge is -1.82. The van der Waals surface area contributed by atoms with Gasteiger partial charge in [-0.25, -0.2) is 13.9 Å². The van der Waals surface area contributed by atoms with Crippen molar-refractivity contribution in [2.45, 2.75) is 0 Å². The van der Waals surface area contributed by atoms with Crippen molar-refractivity contribution in [1.29, 1.82) is 0 Å². The number of phosphoric acid groups is 2. The first-order chi connectivity index (χ1) is 5.73. The van der Waals surface area contributed by atoms with E-state index in [0.29, 0.717) is 0 Å². The van der Waals surface area contributed by atoms with E-state index in [4.69, 9.17) is 43.3 Å². The molecule has 104 valence electrons. The van der Waals surface area contributed by atoms with Crippen LogP contribution in [0.15, 0.2) is 0 Å². The van der Waals surface area contributed by atoms with Crippen molar-refractivity contribution in [3.63, 3.8) is 0 Å². The number of urea groups is 1. The molecule has 0 fully saturated rings. The third-order valence-corrected chi connectivity index (χ3v) is 0. The molecule has 13 nitrogen and oxygen atoms in total. The zero-order chi connectivity index (χ0) is 12.6. The van der Waals surface area contributed by atoms with Crippen molar-refractivity contribution < 1.29 is 43.3 Å². The molecule has 0 rings (SSSR count). The SMILES string of the molecule is N.N.NC(N)=O.O=P(O)(O)O.O=P(O)(O)O. The Morgan fingerprint density at radius 2 is 0.750 bits per heavy atom. The fraction of sp³-hybridized carbons (Fsp3) is 0. The van der Waals surface area contributed by atoms with E-state index in [0.717, 1.165) is 0 Å². The number of hydrogen-bond donors (Lipinski definition) is 10. The van der Waals surface area contributed by atoms with Gasteiger partial charge in [0, 0.05) is 0 Å². The minimum Gasteiger partial charge on any atom is -0.352 e. The average molecular weight is 290 g/mol. The molecule has 16 heavy (non-hydrogen) atoms. The number of nitrogens with two attached hydrogens (primary N) is 2. The number of rotatable bonds is 0. The number of hydrogen-bond acceptors (Lipinski definition) is 5. The van der Waals surface area contributed by atoms with E-state index in [1.54, 1.807) is 0 Å². The quantitative estimate of drug-likeness (QED) is 0.207. The van der Waals surface area contributed by atoms with Gasteiger partial charge in [0.15, 0.2) is 0 Å². The van der Waals surface area contributed by atoms with E-state index in [9.17, 15) is 0 Å². The molecule has 0 spiro atoms. The highest BCUT2D eigenvalue weighted by atomic mass is 31.2. The Balaban J connectivity index is -0.0000000358. The van der Waals surface area contributed by atoms with Gasteiger partial charge in [-0.2, -0.15) is 0 Å². The van der Waals surface area contributed by atoms with E-state index >= 15 is 0 Å². The van der Waals surface area contributed by atoms with Crippen molar-refractivity contribution in [3.05, 3.63) is 0 Å². The van der Waals surface area contributed by atoms with Crippen molar-refractivity contribution in [2.24, 2.45) is 11.5 Å². The van der Waals surface area contributed by atoms with Crippen molar-refractivity contribution in [1.82, 2.24) is 12.3 Å². The molecule has 0 aliphatic rings. The zero-order valence-electron chi connectivity index (χ0n) is 7.87. The second-order valence-electron chi connectivity index (χ2n) is 1.43. The van der Waals surface area contributed by atoms with Crippen LogP contribution in [0.3, 0.4) is 0 Å². The summed E-state index contributed by atoms with van der Waals surface area (Å²) in [5, 5.41) is 0. The Kier molecular flexibility index (Phi) is 23.0. The number of primary amides is 2.